The Morgan fingerprint density at radius 2 is 0.845 bits per heavy atom. The molecule has 12 rings (SSSR count). The number of hydrogen-bond donors (Lipinski definition) is 0. The maximum atomic E-state index is 7.79. The smallest absolute Gasteiger partial charge is 0.0766 e. The Labute approximate surface area is 360 Å². The van der Waals surface area contributed by atoms with Gasteiger partial charge in [0.2, 0.25) is 0 Å². The standard InChI is InChI=1S/C54H87NO2S/c1-3-13-34(14-4-1)35-27-29-38(30-28-35)55(47-25-12-24-44-42-22-10-20-40(51(42)56-53(44)47)36-15-5-2-6-16-36)39-18-9-17-37(33-39)41-21-11-23-43-45-31-32-49-50(54(45)57-52(41)43)46-19-7-8-26-48(46)58-49/h34-54H,1-33H2. The van der Waals surface area contributed by atoms with Crippen LogP contribution in [0.1, 0.15) is 212 Å². The van der Waals surface area contributed by atoms with E-state index in [0.717, 1.165) is 93.6 Å². The largest absolute Gasteiger partial charge is 0.374 e. The quantitative estimate of drug-likeness (QED) is 0.266. The van der Waals surface area contributed by atoms with Gasteiger partial charge >= 0.3 is 0 Å². The number of thioether (sulfide) groups is 1. The molecule has 0 N–H and O–H groups in total. The first-order valence-corrected chi connectivity index (χ1v) is 28.4. The van der Waals surface area contributed by atoms with Gasteiger partial charge < -0.3 is 9.47 Å². The van der Waals surface area contributed by atoms with Gasteiger partial charge in [-0.25, -0.2) is 0 Å². The zero-order valence-electron chi connectivity index (χ0n) is 37.1. The third-order valence-corrected chi connectivity index (χ3v) is 23.7. The SMILES string of the molecule is C1CCC(C2CCC(N(C3CCCC(C4CCCC5C6CCC7SC8CCCCC8C7C6OC45)C3)C3CCCC4C5CCCC(C6CCCCC6)C5OC43)CC2)CC1. The summed E-state index contributed by atoms with van der Waals surface area (Å²) in [6.07, 6.45) is 51.8. The third kappa shape index (κ3) is 7.21. The molecule has 0 aromatic rings. The number of rotatable bonds is 6. The Morgan fingerprint density at radius 3 is 1.60 bits per heavy atom. The molecule has 12 fully saturated rings. The van der Waals surface area contributed by atoms with E-state index in [9.17, 15) is 0 Å². The maximum Gasteiger partial charge on any atom is 0.0766 e. The molecule has 9 saturated carbocycles. The Hall–Kier alpha value is 0.230. The molecule has 3 nitrogen and oxygen atoms in total. The van der Waals surface area contributed by atoms with Crippen LogP contribution in [0, 0.1) is 71.0 Å². The normalized spacial score (nSPS) is 52.6. The summed E-state index contributed by atoms with van der Waals surface area (Å²) in [5.41, 5.74) is 0. The summed E-state index contributed by atoms with van der Waals surface area (Å²) >= 11 is 2.45. The van der Waals surface area contributed by atoms with Gasteiger partial charge in [-0.1, -0.05) is 103 Å². The predicted molar refractivity (Wildman–Crippen MR) is 240 cm³/mol. The fourth-order valence-electron chi connectivity index (χ4n) is 19.5. The highest BCUT2D eigenvalue weighted by Crippen LogP contribution is 2.62. The van der Waals surface area contributed by atoms with Gasteiger partial charge in [-0.05, 0) is 174 Å². The highest BCUT2D eigenvalue weighted by atomic mass is 32.2. The fraction of sp³-hybridized carbons (Fsp3) is 1.00. The fourth-order valence-corrected chi connectivity index (χ4v) is 21.6. The molecule has 3 heterocycles. The van der Waals surface area contributed by atoms with Crippen molar-refractivity contribution in [3.63, 3.8) is 0 Å². The summed E-state index contributed by atoms with van der Waals surface area (Å²) < 4.78 is 15.5. The van der Waals surface area contributed by atoms with Gasteiger partial charge in [0, 0.05) is 34.5 Å². The Balaban J connectivity index is 0.798. The number of nitrogens with zero attached hydrogens (tertiary/aromatic N) is 1. The van der Waals surface area contributed by atoms with E-state index >= 15 is 0 Å². The monoisotopic (exact) mass is 814 g/mol. The lowest BCUT2D eigenvalue weighted by atomic mass is 9.62. The van der Waals surface area contributed by atoms with Crippen molar-refractivity contribution in [1.82, 2.24) is 4.90 Å². The van der Waals surface area contributed by atoms with Crippen molar-refractivity contribution in [2.75, 3.05) is 0 Å². The zero-order chi connectivity index (χ0) is 38.2. The van der Waals surface area contributed by atoms with E-state index in [-0.39, 0.29) is 0 Å². The lowest BCUT2D eigenvalue weighted by molar-refractivity contribution is -0.108. The van der Waals surface area contributed by atoms with Gasteiger partial charge in [0.05, 0.1) is 24.4 Å². The Morgan fingerprint density at radius 1 is 0.310 bits per heavy atom. The highest BCUT2D eigenvalue weighted by molar-refractivity contribution is 8.00. The number of ether oxygens (including phenoxy) is 2. The van der Waals surface area contributed by atoms with Gasteiger partial charge in [0.25, 0.3) is 0 Å². The van der Waals surface area contributed by atoms with Gasteiger partial charge in [-0.15, -0.1) is 0 Å². The second kappa shape index (κ2) is 17.3. The van der Waals surface area contributed by atoms with Crippen LogP contribution in [0.3, 0.4) is 0 Å². The van der Waals surface area contributed by atoms with Crippen molar-refractivity contribution >= 4 is 11.8 Å². The molecular weight excluding hydrogens is 727 g/mol. The number of hydrogen-bond acceptors (Lipinski definition) is 4. The van der Waals surface area contributed by atoms with Crippen LogP contribution in [0.25, 0.3) is 0 Å². The van der Waals surface area contributed by atoms with Crippen molar-refractivity contribution < 1.29 is 9.47 Å². The minimum Gasteiger partial charge on any atom is -0.374 e. The Bertz CT molecular complexity index is 1370. The molecule has 4 heteroatoms. The lowest BCUT2D eigenvalue weighted by Gasteiger charge is -2.53. The van der Waals surface area contributed by atoms with E-state index in [0.29, 0.717) is 30.5 Å². The van der Waals surface area contributed by atoms with Crippen LogP contribution in [-0.2, 0) is 9.47 Å². The molecule has 0 amide bonds. The summed E-state index contributed by atoms with van der Waals surface area (Å²) in [4.78, 5) is 3.38. The van der Waals surface area contributed by atoms with Crippen molar-refractivity contribution in [2.24, 2.45) is 71.0 Å². The molecule has 3 aliphatic heterocycles. The molecule has 0 bridgehead atoms. The topological polar surface area (TPSA) is 21.7 Å². The van der Waals surface area contributed by atoms with Crippen LogP contribution in [0.5, 0.6) is 0 Å². The van der Waals surface area contributed by atoms with Crippen LogP contribution < -0.4 is 0 Å². The van der Waals surface area contributed by atoms with Gasteiger partial charge in [-0.2, -0.15) is 11.8 Å². The molecule has 9 aliphatic carbocycles. The zero-order valence-corrected chi connectivity index (χ0v) is 37.9. The van der Waals surface area contributed by atoms with Crippen LogP contribution in [0.4, 0.5) is 0 Å². The minimum absolute atomic E-state index is 0.533. The van der Waals surface area contributed by atoms with E-state index < -0.39 is 0 Å². The molecule has 0 spiro atoms. The maximum absolute atomic E-state index is 7.79. The molecule has 326 valence electrons. The van der Waals surface area contributed by atoms with Crippen molar-refractivity contribution in [3.8, 4) is 0 Å². The average Bonchev–Trinajstić information content (AvgIpc) is 3.99. The van der Waals surface area contributed by atoms with Crippen LogP contribution in [0.2, 0.25) is 0 Å². The lowest BCUT2D eigenvalue weighted by Crippen LogP contribution is -2.58. The minimum atomic E-state index is 0.533. The highest BCUT2D eigenvalue weighted by Gasteiger charge is 2.61. The first-order chi connectivity index (χ1) is 28.8. The van der Waals surface area contributed by atoms with Crippen LogP contribution in [-0.4, -0.2) is 57.9 Å². The first-order valence-electron chi connectivity index (χ1n) is 27.5. The molecule has 17 atom stereocenters. The summed E-state index contributed by atoms with van der Waals surface area (Å²) in [6, 6.07) is 2.31. The molecular formula is C54H87NO2S. The molecule has 0 aromatic heterocycles. The van der Waals surface area contributed by atoms with Crippen molar-refractivity contribution in [2.45, 2.75) is 265 Å². The summed E-state index contributed by atoms with van der Waals surface area (Å²) in [6.45, 7) is 0. The van der Waals surface area contributed by atoms with Crippen molar-refractivity contribution in [3.05, 3.63) is 0 Å². The summed E-state index contributed by atoms with van der Waals surface area (Å²) in [5, 5.41) is 1.89. The van der Waals surface area contributed by atoms with Crippen LogP contribution >= 0.6 is 11.8 Å². The predicted octanol–water partition coefficient (Wildman–Crippen LogP) is 13.8. The first kappa shape index (κ1) is 39.8. The van der Waals surface area contributed by atoms with Crippen LogP contribution in [0.15, 0.2) is 0 Å². The van der Waals surface area contributed by atoms with E-state index in [1.807, 2.05) is 0 Å². The molecule has 0 radical (unpaired) electrons. The van der Waals surface area contributed by atoms with E-state index in [4.69, 9.17) is 9.47 Å². The molecule has 0 aromatic carbocycles. The third-order valence-electron chi connectivity index (χ3n) is 21.8. The molecule has 17 unspecified atom stereocenters. The summed E-state index contributed by atoms with van der Waals surface area (Å²) in [5.74, 6) is 11.0. The van der Waals surface area contributed by atoms with Gasteiger partial charge in [0.15, 0.2) is 0 Å². The van der Waals surface area contributed by atoms with E-state index in [1.165, 1.54) is 199 Å². The van der Waals surface area contributed by atoms with Gasteiger partial charge in [-0.3, -0.25) is 4.90 Å². The number of fused-ring (bicyclic) bond motifs is 10. The molecule has 3 saturated heterocycles. The van der Waals surface area contributed by atoms with Gasteiger partial charge in [0.1, 0.15) is 0 Å². The Kier molecular flexibility index (Phi) is 11.9. The second-order valence-electron chi connectivity index (χ2n) is 24.2. The van der Waals surface area contributed by atoms with E-state index in [2.05, 4.69) is 16.7 Å². The molecule has 12 aliphatic rings. The van der Waals surface area contributed by atoms with Crippen molar-refractivity contribution in [1.29, 1.82) is 0 Å². The van der Waals surface area contributed by atoms with E-state index in [1.54, 1.807) is 12.8 Å². The average molecular weight is 814 g/mol. The second-order valence-corrected chi connectivity index (χ2v) is 25.7. The molecule has 58 heavy (non-hydrogen) atoms. The summed E-state index contributed by atoms with van der Waals surface area (Å²) in [7, 11) is 0.